The minimum absolute atomic E-state index is 0.0280. The predicted molar refractivity (Wildman–Crippen MR) is 388 cm³/mol. The van der Waals surface area contributed by atoms with E-state index >= 15 is 0 Å². The van der Waals surface area contributed by atoms with Gasteiger partial charge >= 0.3 is 11.9 Å². The number of carbonyl (C=O) groups is 2. The normalized spacial score (nSPS) is 13.3. The average molecular weight is 1290 g/mol. The van der Waals surface area contributed by atoms with Crippen LogP contribution in [0.5, 0.6) is 0 Å². The highest BCUT2D eigenvalue weighted by atomic mass is 31.2. The van der Waals surface area contributed by atoms with E-state index in [1.54, 1.807) is 0 Å². The van der Waals surface area contributed by atoms with E-state index in [9.17, 15) is 19.0 Å². The van der Waals surface area contributed by atoms with E-state index in [2.05, 4.69) is 62.5 Å². The molecule has 0 heterocycles. The number of ether oxygens (including phenoxy) is 2. The number of phosphoric ester groups is 1. The molecule has 9 nitrogen and oxygen atoms in total. The molecule has 0 aliphatic rings. The van der Waals surface area contributed by atoms with Gasteiger partial charge in [0.05, 0.1) is 27.7 Å². The summed E-state index contributed by atoms with van der Waals surface area (Å²) in [5.74, 6) is -0.809. The van der Waals surface area contributed by atoms with Gasteiger partial charge in [-0.2, -0.15) is 0 Å². The van der Waals surface area contributed by atoms with Gasteiger partial charge in [-0.1, -0.05) is 358 Å². The average Bonchev–Trinajstić information content (AvgIpc) is 3.56. The Balaban J connectivity index is 3.93. The Morgan fingerprint density at radius 1 is 0.344 bits per heavy atom. The molecular formula is C80H152NO8P. The van der Waals surface area contributed by atoms with Crippen molar-refractivity contribution in [3.05, 3.63) is 48.6 Å². The van der Waals surface area contributed by atoms with Crippen LogP contribution in [0.3, 0.4) is 0 Å². The zero-order valence-electron chi connectivity index (χ0n) is 60.6. The summed E-state index contributed by atoms with van der Waals surface area (Å²) in [6, 6.07) is 0. The van der Waals surface area contributed by atoms with E-state index in [0.29, 0.717) is 17.4 Å². The van der Waals surface area contributed by atoms with Gasteiger partial charge in [0.1, 0.15) is 19.8 Å². The monoisotopic (exact) mass is 1290 g/mol. The third-order valence-corrected chi connectivity index (χ3v) is 18.8. The second kappa shape index (κ2) is 71.3. The van der Waals surface area contributed by atoms with Crippen molar-refractivity contribution < 1.29 is 42.1 Å². The highest BCUT2D eigenvalue weighted by Crippen LogP contribution is 2.38. The molecular weight excluding hydrogens is 1130 g/mol. The minimum atomic E-state index is -4.64. The summed E-state index contributed by atoms with van der Waals surface area (Å²) in [6.07, 6.45) is 93.7. The van der Waals surface area contributed by atoms with Crippen LogP contribution in [-0.2, 0) is 32.7 Å². The quantitative estimate of drug-likeness (QED) is 0.0195. The van der Waals surface area contributed by atoms with Crippen LogP contribution < -0.4 is 4.89 Å². The lowest BCUT2D eigenvalue weighted by atomic mass is 10.0. The van der Waals surface area contributed by atoms with Crippen molar-refractivity contribution in [1.82, 2.24) is 0 Å². The lowest BCUT2D eigenvalue weighted by Gasteiger charge is -2.28. The van der Waals surface area contributed by atoms with Crippen molar-refractivity contribution in [1.29, 1.82) is 0 Å². The number of esters is 2. The smallest absolute Gasteiger partial charge is 0.306 e. The summed E-state index contributed by atoms with van der Waals surface area (Å²) >= 11 is 0. The highest BCUT2D eigenvalue weighted by molar-refractivity contribution is 7.45. The SMILES string of the molecule is CCCCCCC/C=C\C/C=C\CCCCCCCCCCCCCCCCCCCCCCCC(=O)OCC(COP(=O)([O-])OCC[N+](C)(C)C)OC(=O)CCCCCCCCCCCCCCCCCCCCCCC/C=C\C/C=C\CCCCCCC. The van der Waals surface area contributed by atoms with Crippen LogP contribution in [0.1, 0.15) is 399 Å². The summed E-state index contributed by atoms with van der Waals surface area (Å²) < 4.78 is 34.4. The molecule has 0 aromatic rings. The Kier molecular flexibility index (Phi) is 69.7. The van der Waals surface area contributed by atoms with Crippen LogP contribution in [0, 0.1) is 0 Å². The van der Waals surface area contributed by atoms with Crippen LogP contribution >= 0.6 is 7.82 Å². The second-order valence-corrected chi connectivity index (χ2v) is 29.5. The maximum atomic E-state index is 12.9. The molecule has 2 unspecified atom stereocenters. The van der Waals surface area contributed by atoms with Gasteiger partial charge in [0, 0.05) is 12.8 Å². The molecule has 530 valence electrons. The molecule has 2 atom stereocenters. The van der Waals surface area contributed by atoms with Crippen molar-refractivity contribution in [3.63, 3.8) is 0 Å². The van der Waals surface area contributed by atoms with Gasteiger partial charge in [-0.05, 0) is 77.0 Å². The summed E-state index contributed by atoms with van der Waals surface area (Å²) in [7, 11) is 1.19. The Hall–Kier alpha value is -2.03. The van der Waals surface area contributed by atoms with Crippen molar-refractivity contribution in [2.75, 3.05) is 47.5 Å². The molecule has 0 saturated carbocycles. The molecule has 0 N–H and O–H groups in total. The Morgan fingerprint density at radius 3 is 0.878 bits per heavy atom. The van der Waals surface area contributed by atoms with Gasteiger partial charge in [0.15, 0.2) is 6.10 Å². The standard InChI is InChI=1S/C80H152NO8P/c1-6-8-10-12-14-16-18-20-22-24-26-28-30-32-34-36-38-40-42-44-46-48-50-52-54-56-58-60-62-64-66-68-70-72-79(82)86-76-78(77-88-90(84,85)87-75-74-81(3,4)5)89-80(83)73-71-69-67-65-63-61-59-57-55-53-51-49-47-45-43-41-39-37-35-33-31-29-27-25-23-21-19-17-15-13-11-9-7-2/h18-21,24-27,78H,6-17,22-23,28-77H2,1-5H3/b20-18-,21-19-,26-24-,27-25-. The molecule has 0 spiro atoms. The summed E-state index contributed by atoms with van der Waals surface area (Å²) in [4.78, 5) is 38.2. The van der Waals surface area contributed by atoms with Gasteiger partial charge in [0.25, 0.3) is 7.82 Å². The Labute approximate surface area is 560 Å². The molecule has 0 amide bonds. The van der Waals surface area contributed by atoms with E-state index in [4.69, 9.17) is 18.5 Å². The van der Waals surface area contributed by atoms with Gasteiger partial charge in [-0.25, -0.2) is 0 Å². The number of carbonyl (C=O) groups excluding carboxylic acids is 2. The molecule has 0 aromatic heterocycles. The van der Waals surface area contributed by atoms with E-state index in [-0.39, 0.29) is 32.0 Å². The Morgan fingerprint density at radius 2 is 0.600 bits per heavy atom. The number of phosphoric acid groups is 1. The number of nitrogens with zero attached hydrogens (tertiary/aromatic N) is 1. The summed E-state index contributed by atoms with van der Waals surface area (Å²) in [5.41, 5.74) is 0. The topological polar surface area (TPSA) is 111 Å². The van der Waals surface area contributed by atoms with E-state index in [1.807, 2.05) is 21.1 Å². The number of quaternary nitrogens is 1. The van der Waals surface area contributed by atoms with Crippen LogP contribution in [0.15, 0.2) is 48.6 Å². The van der Waals surface area contributed by atoms with Crippen molar-refractivity contribution in [2.45, 2.75) is 405 Å². The van der Waals surface area contributed by atoms with E-state index in [1.165, 1.54) is 321 Å². The van der Waals surface area contributed by atoms with Crippen molar-refractivity contribution in [2.24, 2.45) is 0 Å². The van der Waals surface area contributed by atoms with Crippen LogP contribution in [-0.4, -0.2) is 70.0 Å². The van der Waals surface area contributed by atoms with E-state index < -0.39 is 26.5 Å². The first-order chi connectivity index (χ1) is 44.0. The maximum Gasteiger partial charge on any atom is 0.306 e. The molecule has 90 heavy (non-hydrogen) atoms. The number of unbranched alkanes of at least 4 members (excludes halogenated alkanes) is 52. The van der Waals surface area contributed by atoms with Gasteiger partial charge in [-0.3, -0.25) is 14.2 Å². The molecule has 0 aliphatic heterocycles. The number of hydrogen-bond donors (Lipinski definition) is 0. The third kappa shape index (κ3) is 75.0. The van der Waals surface area contributed by atoms with Gasteiger partial charge in [0.2, 0.25) is 0 Å². The molecule has 0 saturated heterocycles. The molecule has 0 bridgehead atoms. The third-order valence-electron chi connectivity index (χ3n) is 17.8. The predicted octanol–water partition coefficient (Wildman–Crippen LogP) is 25.3. The summed E-state index contributed by atoms with van der Waals surface area (Å²) in [6.45, 7) is 4.29. The lowest BCUT2D eigenvalue weighted by molar-refractivity contribution is -0.870. The van der Waals surface area contributed by atoms with Crippen LogP contribution in [0.4, 0.5) is 0 Å². The Bertz CT molecular complexity index is 1660. The van der Waals surface area contributed by atoms with Crippen LogP contribution in [0.2, 0.25) is 0 Å². The molecule has 0 fully saturated rings. The minimum Gasteiger partial charge on any atom is -0.756 e. The number of likely N-dealkylation sites (N-methyl/N-ethyl adjacent to an activating group) is 1. The maximum absolute atomic E-state index is 12.9. The van der Waals surface area contributed by atoms with Crippen molar-refractivity contribution in [3.8, 4) is 0 Å². The fourth-order valence-corrected chi connectivity index (χ4v) is 12.5. The second-order valence-electron chi connectivity index (χ2n) is 28.1. The zero-order chi connectivity index (χ0) is 65.5. The van der Waals surface area contributed by atoms with E-state index in [0.717, 1.165) is 44.9 Å². The fraction of sp³-hybridized carbons (Fsp3) is 0.875. The number of hydrogen-bond acceptors (Lipinski definition) is 8. The highest BCUT2D eigenvalue weighted by Gasteiger charge is 2.22. The van der Waals surface area contributed by atoms with Crippen molar-refractivity contribution >= 4 is 19.8 Å². The van der Waals surface area contributed by atoms with Gasteiger partial charge in [-0.15, -0.1) is 0 Å². The number of rotatable bonds is 74. The molecule has 10 heteroatoms. The molecule has 0 aromatic carbocycles. The van der Waals surface area contributed by atoms with Crippen LogP contribution in [0.25, 0.3) is 0 Å². The zero-order valence-corrected chi connectivity index (χ0v) is 61.5. The number of allylic oxidation sites excluding steroid dienone is 8. The van der Waals surface area contributed by atoms with Gasteiger partial charge < -0.3 is 27.9 Å². The largest absolute Gasteiger partial charge is 0.756 e. The first kappa shape index (κ1) is 88.0. The molecule has 0 radical (unpaired) electrons. The summed E-state index contributed by atoms with van der Waals surface area (Å²) in [5, 5.41) is 0. The first-order valence-corrected chi connectivity index (χ1v) is 40.8. The lowest BCUT2D eigenvalue weighted by Crippen LogP contribution is -2.37. The molecule has 0 rings (SSSR count). The fourth-order valence-electron chi connectivity index (χ4n) is 11.8. The first-order valence-electron chi connectivity index (χ1n) is 39.3. The molecule has 0 aliphatic carbocycles.